The Morgan fingerprint density at radius 3 is 2.48 bits per heavy atom. The first-order valence-corrected chi connectivity index (χ1v) is 8.92. The van der Waals surface area contributed by atoms with Gasteiger partial charge in [0.15, 0.2) is 0 Å². The molecule has 2 aromatic rings. The predicted molar refractivity (Wildman–Crippen MR) is 104 cm³/mol. The largest absolute Gasteiger partial charge is 0.361 e. The molecule has 2 rings (SSSR count). The Bertz CT molecular complexity index is 807. The molecule has 0 bridgehead atoms. The molecule has 0 aliphatic rings. The van der Waals surface area contributed by atoms with Gasteiger partial charge in [-0.15, -0.1) is 0 Å². The van der Waals surface area contributed by atoms with E-state index in [1.807, 2.05) is 38.1 Å². The summed E-state index contributed by atoms with van der Waals surface area (Å²) in [5.41, 5.74) is 8.20. The summed E-state index contributed by atoms with van der Waals surface area (Å²) in [5.74, 6) is 0.168. The second-order valence-corrected chi connectivity index (χ2v) is 7.57. The number of para-hydroxylation sites is 1. The van der Waals surface area contributed by atoms with Crippen LogP contribution >= 0.6 is 0 Å². The molecule has 27 heavy (non-hydrogen) atoms. The minimum absolute atomic E-state index is 0.159. The van der Waals surface area contributed by atoms with E-state index in [0.29, 0.717) is 42.3 Å². The highest BCUT2D eigenvalue weighted by molar-refractivity contribution is 5.96. The Kier molecular flexibility index (Phi) is 6.38. The minimum Gasteiger partial charge on any atom is -0.361 e. The van der Waals surface area contributed by atoms with Gasteiger partial charge in [0.05, 0.1) is 5.69 Å². The van der Waals surface area contributed by atoms with Crippen molar-refractivity contribution in [2.24, 2.45) is 11.1 Å². The predicted octanol–water partition coefficient (Wildman–Crippen LogP) is 2.88. The normalized spacial score (nSPS) is 11.3. The standard InChI is InChI=1S/C20H28N4O3/c1-13-18(14(2)27-23-13)19(26)24(12-20(4,5)11-21)10-16-8-6-7-9-17(16)22-15(3)25/h6-9H,10-12,21H2,1-5H3,(H,22,25). The van der Waals surface area contributed by atoms with E-state index in [0.717, 1.165) is 5.56 Å². The molecule has 7 heteroatoms. The average molecular weight is 372 g/mol. The molecule has 146 valence electrons. The number of amides is 2. The summed E-state index contributed by atoms with van der Waals surface area (Å²) >= 11 is 0. The maximum Gasteiger partial charge on any atom is 0.259 e. The molecule has 0 atom stereocenters. The van der Waals surface area contributed by atoms with Gasteiger partial charge >= 0.3 is 0 Å². The number of carbonyl (C=O) groups is 2. The molecule has 0 saturated carbocycles. The third-order valence-corrected chi connectivity index (χ3v) is 4.40. The van der Waals surface area contributed by atoms with Crippen LogP contribution in [0.1, 0.15) is 48.1 Å². The zero-order valence-electron chi connectivity index (χ0n) is 16.6. The van der Waals surface area contributed by atoms with Crippen LogP contribution in [0.4, 0.5) is 5.69 Å². The van der Waals surface area contributed by atoms with Crippen molar-refractivity contribution in [3.8, 4) is 0 Å². The molecule has 1 aromatic heterocycles. The number of nitrogens with one attached hydrogen (secondary N) is 1. The fourth-order valence-corrected chi connectivity index (χ4v) is 2.90. The van der Waals surface area contributed by atoms with Crippen molar-refractivity contribution in [3.05, 3.63) is 46.8 Å². The summed E-state index contributed by atoms with van der Waals surface area (Å²) in [6.07, 6.45) is 0. The highest BCUT2D eigenvalue weighted by Gasteiger charge is 2.29. The molecule has 0 saturated heterocycles. The van der Waals surface area contributed by atoms with Crippen LogP contribution in [0.15, 0.2) is 28.8 Å². The number of benzene rings is 1. The zero-order chi connectivity index (χ0) is 20.2. The van der Waals surface area contributed by atoms with E-state index in [1.165, 1.54) is 6.92 Å². The summed E-state index contributed by atoms with van der Waals surface area (Å²) in [7, 11) is 0. The van der Waals surface area contributed by atoms with Crippen LogP contribution in [0.2, 0.25) is 0 Å². The first-order chi connectivity index (χ1) is 12.6. The van der Waals surface area contributed by atoms with Gasteiger partial charge in [-0.05, 0) is 37.4 Å². The van der Waals surface area contributed by atoms with Crippen molar-refractivity contribution in [1.29, 1.82) is 0 Å². The first kappa shape index (κ1) is 20.6. The van der Waals surface area contributed by atoms with Gasteiger partial charge in [0, 0.05) is 25.7 Å². The van der Waals surface area contributed by atoms with Gasteiger partial charge in [0.2, 0.25) is 5.91 Å². The quantitative estimate of drug-likeness (QED) is 0.778. The second-order valence-electron chi connectivity index (χ2n) is 7.57. The van der Waals surface area contributed by atoms with Gasteiger partial charge < -0.3 is 20.5 Å². The Morgan fingerprint density at radius 2 is 1.93 bits per heavy atom. The molecule has 7 nitrogen and oxygen atoms in total. The van der Waals surface area contributed by atoms with Crippen LogP contribution in [0, 0.1) is 19.3 Å². The van der Waals surface area contributed by atoms with Crippen molar-refractivity contribution >= 4 is 17.5 Å². The Balaban J connectivity index is 2.40. The number of rotatable bonds is 7. The SMILES string of the molecule is CC(=O)Nc1ccccc1CN(CC(C)(C)CN)C(=O)c1c(C)noc1C. The van der Waals surface area contributed by atoms with E-state index >= 15 is 0 Å². The van der Waals surface area contributed by atoms with Crippen molar-refractivity contribution < 1.29 is 14.1 Å². The average Bonchev–Trinajstić information content (AvgIpc) is 2.93. The summed E-state index contributed by atoms with van der Waals surface area (Å²) < 4.78 is 5.17. The molecule has 0 radical (unpaired) electrons. The number of nitrogens with two attached hydrogens (primary N) is 1. The van der Waals surface area contributed by atoms with Crippen molar-refractivity contribution in [2.45, 2.75) is 41.2 Å². The van der Waals surface area contributed by atoms with E-state index in [1.54, 1.807) is 18.7 Å². The first-order valence-electron chi connectivity index (χ1n) is 8.92. The fourth-order valence-electron chi connectivity index (χ4n) is 2.90. The van der Waals surface area contributed by atoms with Crippen molar-refractivity contribution in [2.75, 3.05) is 18.4 Å². The van der Waals surface area contributed by atoms with E-state index in [-0.39, 0.29) is 17.2 Å². The second kappa shape index (κ2) is 8.35. The van der Waals surface area contributed by atoms with Crippen LogP contribution in [0.25, 0.3) is 0 Å². The smallest absolute Gasteiger partial charge is 0.259 e. The summed E-state index contributed by atoms with van der Waals surface area (Å²) in [6, 6.07) is 7.45. The maximum atomic E-state index is 13.3. The van der Waals surface area contributed by atoms with Crippen LogP contribution in [-0.2, 0) is 11.3 Å². The number of hydrogen-bond donors (Lipinski definition) is 2. The number of nitrogens with zero attached hydrogens (tertiary/aromatic N) is 2. The monoisotopic (exact) mass is 372 g/mol. The molecule has 0 unspecified atom stereocenters. The highest BCUT2D eigenvalue weighted by Crippen LogP contribution is 2.24. The van der Waals surface area contributed by atoms with Gasteiger partial charge in [-0.2, -0.15) is 0 Å². The molecule has 2 amide bonds. The molecule has 1 aromatic carbocycles. The maximum absolute atomic E-state index is 13.3. The van der Waals surface area contributed by atoms with Crippen LogP contribution in [-0.4, -0.2) is 35.0 Å². The molecule has 3 N–H and O–H groups in total. The van der Waals surface area contributed by atoms with Crippen molar-refractivity contribution in [3.63, 3.8) is 0 Å². The molecule has 1 heterocycles. The third kappa shape index (κ3) is 5.17. The number of aryl methyl sites for hydroxylation is 2. The highest BCUT2D eigenvalue weighted by atomic mass is 16.5. The molecule has 0 aliphatic heterocycles. The van der Waals surface area contributed by atoms with Crippen molar-refractivity contribution in [1.82, 2.24) is 10.1 Å². The Labute approximate surface area is 159 Å². The zero-order valence-corrected chi connectivity index (χ0v) is 16.6. The number of carbonyl (C=O) groups excluding carboxylic acids is 2. The number of anilines is 1. The van der Waals surface area contributed by atoms with Crippen LogP contribution in [0.3, 0.4) is 0 Å². The van der Waals surface area contributed by atoms with E-state index in [9.17, 15) is 9.59 Å². The summed E-state index contributed by atoms with van der Waals surface area (Å²) in [4.78, 5) is 26.5. The van der Waals surface area contributed by atoms with Gasteiger partial charge in [-0.25, -0.2) is 0 Å². The summed E-state index contributed by atoms with van der Waals surface area (Å²) in [6.45, 7) is 10.2. The molecule has 0 fully saturated rings. The van der Waals surface area contributed by atoms with Gasteiger partial charge in [0.1, 0.15) is 11.3 Å². The number of hydrogen-bond acceptors (Lipinski definition) is 5. The molecule has 0 aliphatic carbocycles. The van der Waals surface area contributed by atoms with Crippen LogP contribution < -0.4 is 11.1 Å². The number of aromatic nitrogens is 1. The third-order valence-electron chi connectivity index (χ3n) is 4.40. The molecular weight excluding hydrogens is 344 g/mol. The van der Waals surface area contributed by atoms with E-state index in [4.69, 9.17) is 10.3 Å². The lowest BCUT2D eigenvalue weighted by atomic mass is 9.92. The lowest BCUT2D eigenvalue weighted by Crippen LogP contribution is -2.42. The topological polar surface area (TPSA) is 101 Å². The Hall–Kier alpha value is -2.67. The molecular formula is C20H28N4O3. The fraction of sp³-hybridized carbons (Fsp3) is 0.450. The Morgan fingerprint density at radius 1 is 1.26 bits per heavy atom. The van der Waals surface area contributed by atoms with Gasteiger partial charge in [-0.1, -0.05) is 37.2 Å². The van der Waals surface area contributed by atoms with E-state index < -0.39 is 0 Å². The van der Waals surface area contributed by atoms with Crippen LogP contribution in [0.5, 0.6) is 0 Å². The minimum atomic E-state index is -0.266. The lowest BCUT2D eigenvalue weighted by molar-refractivity contribution is -0.114. The summed E-state index contributed by atoms with van der Waals surface area (Å²) in [5, 5.41) is 6.72. The van der Waals surface area contributed by atoms with Gasteiger partial charge in [-0.3, -0.25) is 9.59 Å². The lowest BCUT2D eigenvalue weighted by Gasteiger charge is -2.32. The van der Waals surface area contributed by atoms with Gasteiger partial charge in [0.25, 0.3) is 5.91 Å². The molecule has 0 spiro atoms. The van der Waals surface area contributed by atoms with E-state index in [2.05, 4.69) is 10.5 Å².